The van der Waals surface area contributed by atoms with Gasteiger partial charge in [-0.05, 0) is 25.0 Å². The zero-order valence-corrected chi connectivity index (χ0v) is 15.7. The van der Waals surface area contributed by atoms with Crippen molar-refractivity contribution in [3.8, 4) is 17.5 Å². The number of amides is 1. The highest BCUT2D eigenvalue weighted by Gasteiger charge is 2.30. The number of aromatic nitrogens is 2. The van der Waals surface area contributed by atoms with Crippen molar-refractivity contribution in [3.05, 3.63) is 42.2 Å². The zero-order valence-electron chi connectivity index (χ0n) is 15.7. The SMILES string of the molecule is COc1cn(-c2ccccc2)nc1C(=O)OCC(=O)N[C@@](C)(C#N)C(C)C. The van der Waals surface area contributed by atoms with Crippen LogP contribution in [0, 0.1) is 17.2 Å². The van der Waals surface area contributed by atoms with Gasteiger partial charge in [0.2, 0.25) is 5.69 Å². The lowest BCUT2D eigenvalue weighted by Crippen LogP contribution is -2.50. The third kappa shape index (κ3) is 4.64. The van der Waals surface area contributed by atoms with Crippen molar-refractivity contribution < 1.29 is 19.1 Å². The number of nitrogens with zero attached hydrogens (tertiary/aromatic N) is 3. The number of benzene rings is 1. The molecule has 0 saturated carbocycles. The number of rotatable bonds is 7. The number of hydrogen-bond acceptors (Lipinski definition) is 6. The summed E-state index contributed by atoms with van der Waals surface area (Å²) < 4.78 is 11.7. The summed E-state index contributed by atoms with van der Waals surface area (Å²) in [5, 5.41) is 16.0. The molecule has 1 aromatic carbocycles. The number of nitrogens with one attached hydrogen (secondary N) is 1. The van der Waals surface area contributed by atoms with Crippen molar-refractivity contribution in [1.82, 2.24) is 15.1 Å². The van der Waals surface area contributed by atoms with E-state index in [-0.39, 0.29) is 17.4 Å². The van der Waals surface area contributed by atoms with Gasteiger partial charge < -0.3 is 14.8 Å². The quantitative estimate of drug-likeness (QED) is 0.748. The molecule has 0 radical (unpaired) electrons. The van der Waals surface area contributed by atoms with E-state index in [1.807, 2.05) is 44.2 Å². The molecule has 0 saturated heterocycles. The molecule has 1 atom stereocenters. The van der Waals surface area contributed by atoms with Crippen LogP contribution in [0.5, 0.6) is 5.75 Å². The van der Waals surface area contributed by atoms with Crippen LogP contribution in [0.1, 0.15) is 31.3 Å². The topological polar surface area (TPSA) is 106 Å². The summed E-state index contributed by atoms with van der Waals surface area (Å²) in [6.07, 6.45) is 1.55. The van der Waals surface area contributed by atoms with E-state index < -0.39 is 24.0 Å². The first kappa shape index (κ1) is 20.0. The molecule has 0 aliphatic carbocycles. The molecular weight excluding hydrogens is 348 g/mol. The molecule has 1 aromatic heterocycles. The van der Waals surface area contributed by atoms with Crippen LogP contribution in [-0.4, -0.2) is 40.9 Å². The number of esters is 1. The van der Waals surface area contributed by atoms with E-state index >= 15 is 0 Å². The van der Waals surface area contributed by atoms with E-state index in [1.54, 1.807) is 13.1 Å². The minimum absolute atomic E-state index is 0.0407. The molecule has 1 amide bonds. The number of carbonyl (C=O) groups excluding carboxylic acids is 2. The van der Waals surface area contributed by atoms with Crippen LogP contribution in [0.3, 0.4) is 0 Å². The summed E-state index contributed by atoms with van der Waals surface area (Å²) in [5.41, 5.74) is -0.342. The van der Waals surface area contributed by atoms with E-state index in [1.165, 1.54) is 11.8 Å². The molecule has 0 spiro atoms. The van der Waals surface area contributed by atoms with Gasteiger partial charge in [0.25, 0.3) is 5.91 Å². The predicted octanol–water partition coefficient (Wildman–Crippen LogP) is 2.09. The molecule has 27 heavy (non-hydrogen) atoms. The Morgan fingerprint density at radius 1 is 1.33 bits per heavy atom. The van der Waals surface area contributed by atoms with Crippen molar-refractivity contribution in [2.75, 3.05) is 13.7 Å². The molecule has 8 nitrogen and oxygen atoms in total. The molecule has 0 fully saturated rings. The van der Waals surface area contributed by atoms with E-state index in [0.717, 1.165) is 5.69 Å². The Kier molecular flexibility index (Phi) is 6.19. The average molecular weight is 370 g/mol. The molecule has 0 aliphatic rings. The number of para-hydroxylation sites is 1. The first-order valence-electron chi connectivity index (χ1n) is 8.39. The average Bonchev–Trinajstić information content (AvgIpc) is 3.11. The van der Waals surface area contributed by atoms with Gasteiger partial charge in [0.15, 0.2) is 12.4 Å². The van der Waals surface area contributed by atoms with Gasteiger partial charge in [0.05, 0.1) is 25.1 Å². The Morgan fingerprint density at radius 2 is 2.00 bits per heavy atom. The van der Waals surface area contributed by atoms with Gasteiger partial charge in [-0.1, -0.05) is 32.0 Å². The lowest BCUT2D eigenvalue weighted by Gasteiger charge is -2.27. The maximum atomic E-state index is 12.3. The summed E-state index contributed by atoms with van der Waals surface area (Å²) in [7, 11) is 1.41. The molecule has 2 aromatic rings. The Balaban J connectivity index is 2.07. The second-order valence-electron chi connectivity index (χ2n) is 6.42. The second kappa shape index (κ2) is 8.36. The zero-order chi connectivity index (χ0) is 20.0. The fourth-order valence-electron chi connectivity index (χ4n) is 2.19. The number of carbonyl (C=O) groups is 2. The van der Waals surface area contributed by atoms with Crippen molar-refractivity contribution in [3.63, 3.8) is 0 Å². The van der Waals surface area contributed by atoms with Crippen molar-refractivity contribution in [2.24, 2.45) is 5.92 Å². The summed E-state index contributed by atoms with van der Waals surface area (Å²) in [6.45, 7) is 4.72. The molecule has 0 unspecified atom stereocenters. The highest BCUT2D eigenvalue weighted by atomic mass is 16.5. The summed E-state index contributed by atoms with van der Waals surface area (Å²) >= 11 is 0. The minimum atomic E-state index is -1.05. The van der Waals surface area contributed by atoms with Gasteiger partial charge >= 0.3 is 5.97 Å². The summed E-state index contributed by atoms with van der Waals surface area (Å²) in [6, 6.07) is 11.3. The van der Waals surface area contributed by atoms with Crippen LogP contribution in [-0.2, 0) is 9.53 Å². The highest BCUT2D eigenvalue weighted by molar-refractivity contribution is 5.92. The fourth-order valence-corrected chi connectivity index (χ4v) is 2.19. The van der Waals surface area contributed by atoms with Gasteiger partial charge in [0.1, 0.15) is 5.54 Å². The smallest absolute Gasteiger partial charge is 0.363 e. The normalized spacial score (nSPS) is 12.7. The first-order valence-corrected chi connectivity index (χ1v) is 8.39. The third-order valence-corrected chi connectivity index (χ3v) is 4.24. The summed E-state index contributed by atoms with van der Waals surface area (Å²) in [5.74, 6) is -1.24. The summed E-state index contributed by atoms with van der Waals surface area (Å²) in [4.78, 5) is 24.4. The Morgan fingerprint density at radius 3 is 2.56 bits per heavy atom. The van der Waals surface area contributed by atoms with Crippen molar-refractivity contribution in [2.45, 2.75) is 26.3 Å². The number of ether oxygens (including phenoxy) is 2. The van der Waals surface area contributed by atoms with Gasteiger partial charge in [0, 0.05) is 0 Å². The van der Waals surface area contributed by atoms with Crippen LogP contribution >= 0.6 is 0 Å². The number of nitriles is 1. The first-order chi connectivity index (χ1) is 12.8. The van der Waals surface area contributed by atoms with Gasteiger partial charge in [-0.15, -0.1) is 0 Å². The van der Waals surface area contributed by atoms with E-state index in [4.69, 9.17) is 9.47 Å². The van der Waals surface area contributed by atoms with E-state index in [2.05, 4.69) is 16.5 Å². The van der Waals surface area contributed by atoms with Crippen molar-refractivity contribution in [1.29, 1.82) is 5.26 Å². The fraction of sp³-hybridized carbons (Fsp3) is 0.368. The minimum Gasteiger partial charge on any atom is -0.493 e. The van der Waals surface area contributed by atoms with Crippen molar-refractivity contribution >= 4 is 11.9 Å². The number of hydrogen-bond donors (Lipinski definition) is 1. The van der Waals surface area contributed by atoms with Crippen LogP contribution in [0.15, 0.2) is 36.5 Å². The standard InChI is InChI=1S/C19H22N4O4/c1-13(2)19(3,12-20)21-16(24)11-27-18(25)17-15(26-4)10-23(22-17)14-8-6-5-7-9-14/h5-10,13H,11H2,1-4H3,(H,21,24)/t19-/m0/s1. The van der Waals surface area contributed by atoms with Gasteiger partial charge in [-0.2, -0.15) is 10.4 Å². The lowest BCUT2D eigenvalue weighted by atomic mass is 9.90. The molecule has 1 N–H and O–H groups in total. The number of methoxy groups -OCH3 is 1. The molecule has 0 bridgehead atoms. The van der Waals surface area contributed by atoms with Gasteiger partial charge in [-0.3, -0.25) is 4.79 Å². The predicted molar refractivity (Wildman–Crippen MR) is 97.4 cm³/mol. The Labute approximate surface area is 157 Å². The molecule has 142 valence electrons. The van der Waals surface area contributed by atoms with Gasteiger partial charge in [-0.25, -0.2) is 9.48 Å². The second-order valence-corrected chi connectivity index (χ2v) is 6.42. The monoisotopic (exact) mass is 370 g/mol. The third-order valence-electron chi connectivity index (χ3n) is 4.24. The molecule has 0 aliphatic heterocycles. The Bertz CT molecular complexity index is 854. The van der Waals surface area contributed by atoms with Crippen LogP contribution in [0.25, 0.3) is 5.69 Å². The lowest BCUT2D eigenvalue weighted by molar-refractivity contribution is -0.125. The maximum Gasteiger partial charge on any atom is 0.363 e. The molecule has 2 rings (SSSR count). The highest BCUT2D eigenvalue weighted by Crippen LogP contribution is 2.20. The van der Waals surface area contributed by atoms with Crippen LogP contribution < -0.4 is 10.1 Å². The van der Waals surface area contributed by atoms with Crippen LogP contribution in [0.4, 0.5) is 0 Å². The Hall–Kier alpha value is -3.34. The largest absolute Gasteiger partial charge is 0.493 e. The van der Waals surface area contributed by atoms with E-state index in [0.29, 0.717) is 0 Å². The molecular formula is C19H22N4O4. The van der Waals surface area contributed by atoms with E-state index in [9.17, 15) is 14.9 Å². The molecule has 8 heteroatoms. The van der Waals surface area contributed by atoms with Crippen LogP contribution in [0.2, 0.25) is 0 Å². The molecule has 1 heterocycles. The maximum absolute atomic E-state index is 12.3.